The number of carbonyl (C=O) groups is 1. The van der Waals surface area contributed by atoms with Gasteiger partial charge in [-0.15, -0.1) is 5.75 Å². The van der Waals surface area contributed by atoms with Crippen LogP contribution in [0.25, 0.3) is 11.3 Å². The maximum absolute atomic E-state index is 13.6. The first-order valence-corrected chi connectivity index (χ1v) is 24.7. The molecule has 2 aromatic heterocycles. The Balaban J connectivity index is 1.16. The van der Waals surface area contributed by atoms with E-state index in [1.54, 1.807) is 12.3 Å². The number of pyridine rings is 1. The number of aromatic hydroxyl groups is 1. The van der Waals surface area contributed by atoms with Gasteiger partial charge in [0.25, 0.3) is 0 Å². The summed E-state index contributed by atoms with van der Waals surface area (Å²) in [4.78, 5) is 21.0. The Morgan fingerprint density at radius 2 is 1.68 bits per heavy atom. The number of aromatic nitrogens is 2. The lowest BCUT2D eigenvalue weighted by molar-refractivity contribution is -0.269. The quantitative estimate of drug-likeness (QED) is 0.0399. The first-order chi connectivity index (χ1) is 31.2. The Kier molecular flexibility index (Phi) is 16.2. The van der Waals surface area contributed by atoms with Gasteiger partial charge >= 0.3 is 5.97 Å². The van der Waals surface area contributed by atoms with Gasteiger partial charge in [-0.25, -0.2) is 4.98 Å². The van der Waals surface area contributed by atoms with Crippen molar-refractivity contribution in [3.63, 3.8) is 0 Å². The number of fused-ring (bicyclic) bond motifs is 1. The van der Waals surface area contributed by atoms with Gasteiger partial charge in [0.05, 0.1) is 23.7 Å². The lowest BCUT2D eigenvalue weighted by Gasteiger charge is -2.39. The van der Waals surface area contributed by atoms with Crippen molar-refractivity contribution in [1.82, 2.24) is 9.97 Å². The minimum Gasteiger partial charge on any atom is -0.872 e. The minimum atomic E-state index is -1.17. The number of aliphatic hydroxyl groups is 3. The normalized spacial score (nSPS) is 28.3. The number of nitrogens with two attached hydrogens (primary N) is 1. The highest BCUT2D eigenvalue weighted by atomic mass is 16.4. The molecule has 10 atom stereocenters. The fourth-order valence-corrected chi connectivity index (χ4v) is 12.0. The second-order valence-corrected chi connectivity index (χ2v) is 20.5. The number of nitrogens with zero attached hydrogens (tertiary/aromatic N) is 1. The molecule has 7 rings (SSSR count). The number of nitrogen functional groups attached to an aromatic ring is 1. The summed E-state index contributed by atoms with van der Waals surface area (Å²) in [5.74, 6) is -1.53. The summed E-state index contributed by atoms with van der Waals surface area (Å²) < 4.78 is 0. The topological polar surface area (TPSA) is 196 Å². The van der Waals surface area contributed by atoms with Gasteiger partial charge in [-0.2, -0.15) is 0 Å². The number of aromatic amines is 1. The predicted octanol–water partition coefficient (Wildman–Crippen LogP) is 10.2. The second kappa shape index (κ2) is 21.8. The molecule has 3 aliphatic carbocycles. The van der Waals surface area contributed by atoms with Gasteiger partial charge in [0.2, 0.25) is 0 Å². The van der Waals surface area contributed by atoms with Gasteiger partial charge in [0, 0.05) is 35.0 Å². The van der Waals surface area contributed by atoms with Gasteiger partial charge < -0.3 is 41.4 Å². The van der Waals surface area contributed by atoms with E-state index in [2.05, 4.69) is 67.2 Å². The van der Waals surface area contributed by atoms with Gasteiger partial charge in [-0.05, 0) is 165 Å². The maximum atomic E-state index is 13.6. The summed E-state index contributed by atoms with van der Waals surface area (Å²) in [6.45, 7) is 6.50. The van der Waals surface area contributed by atoms with Crippen molar-refractivity contribution < 1.29 is 35.4 Å². The fourth-order valence-electron chi connectivity index (χ4n) is 12.0. The van der Waals surface area contributed by atoms with Gasteiger partial charge in [-0.3, -0.25) is 4.79 Å². The SMILES string of the molecule is CCCCC[C@@H]1C=C[C@@H](CCCC[C@H]2CC[C@@H](c3ccc(-c4cc(O)cc([O-])c4Cc4ccc(C(C)C)cc4)[nH]3)[C@@H]3C[C@H](Cc4ccnc(N)c4)C[C@@]3(O)CC[C@H](O)[C@H]2C(=O)O)[C@H](O)C1. The number of H-pyrrole nitrogens is 1. The summed E-state index contributed by atoms with van der Waals surface area (Å²) in [5, 5.41) is 70.7. The van der Waals surface area contributed by atoms with Crippen molar-refractivity contribution >= 4 is 11.8 Å². The van der Waals surface area contributed by atoms with E-state index in [-0.39, 0.29) is 60.0 Å². The third kappa shape index (κ3) is 12.0. The summed E-state index contributed by atoms with van der Waals surface area (Å²) >= 11 is 0. The van der Waals surface area contributed by atoms with Crippen LogP contribution in [-0.4, -0.2) is 59.3 Å². The largest absolute Gasteiger partial charge is 0.872 e. The lowest BCUT2D eigenvalue weighted by Crippen LogP contribution is -2.42. The number of phenolic OH excluding ortho intramolecular Hbond substituents is 1. The Morgan fingerprint density at radius 1 is 0.908 bits per heavy atom. The zero-order valence-electron chi connectivity index (χ0n) is 38.9. The van der Waals surface area contributed by atoms with Crippen molar-refractivity contribution in [2.24, 2.45) is 35.5 Å². The van der Waals surface area contributed by atoms with Crippen LogP contribution in [0.2, 0.25) is 0 Å². The van der Waals surface area contributed by atoms with E-state index >= 15 is 0 Å². The Bertz CT molecular complexity index is 2200. The number of anilines is 1. The first-order valence-electron chi connectivity index (χ1n) is 24.7. The van der Waals surface area contributed by atoms with E-state index in [0.717, 1.165) is 55.3 Å². The van der Waals surface area contributed by atoms with Crippen LogP contribution in [0.3, 0.4) is 0 Å². The molecule has 8 N–H and O–H groups in total. The number of hydrogen-bond acceptors (Lipinski definition) is 8. The molecule has 0 bridgehead atoms. The van der Waals surface area contributed by atoms with E-state index < -0.39 is 23.6 Å². The monoisotopic (exact) mass is 889 g/mol. The molecule has 0 amide bonds. The standard InChI is InChI=1S/C55H75N3O7/c1-4-5-6-9-35-14-17-40(50(61)29-35)10-7-8-11-41-18-19-43(46-28-38(26-37-23-25-57-52(56)30-37)33-55(46,65)24-22-49(60)53(41)54(63)64)47-20-21-48(58-47)44-31-42(59)32-51(62)45(44)27-36-12-15-39(16-13-36)34(2)3/h12-17,20-21,23,25,30-32,34-35,38,40-41,43,46,49-50,53,58-62,65H,4-11,18-19,22,24,26-29,33H2,1-3H3,(H2,56,57)(H,63,64)/p-1/t35-,38+,40-,41+,43-,46+,49+,50-,53+,55+/m1/s1. The van der Waals surface area contributed by atoms with E-state index in [9.17, 15) is 35.4 Å². The number of aliphatic carboxylic acids is 1. The average molecular weight is 889 g/mol. The third-order valence-electron chi connectivity index (χ3n) is 15.5. The molecular weight excluding hydrogens is 815 g/mol. The van der Waals surface area contributed by atoms with Crippen molar-refractivity contribution in [1.29, 1.82) is 0 Å². The smallest absolute Gasteiger partial charge is 0.309 e. The molecule has 352 valence electrons. The van der Waals surface area contributed by atoms with E-state index in [1.807, 2.05) is 24.3 Å². The second-order valence-electron chi connectivity index (χ2n) is 20.5. The molecule has 2 heterocycles. The molecule has 0 unspecified atom stereocenters. The highest BCUT2D eigenvalue weighted by Gasteiger charge is 2.51. The van der Waals surface area contributed by atoms with E-state index in [0.29, 0.717) is 73.0 Å². The molecule has 0 aliphatic heterocycles. The molecule has 4 aromatic rings. The number of unbranched alkanes of at least 4 members (excludes halogenated alkanes) is 3. The first kappa shape index (κ1) is 48.3. The van der Waals surface area contributed by atoms with Crippen LogP contribution in [0.4, 0.5) is 5.82 Å². The summed E-state index contributed by atoms with van der Waals surface area (Å²) in [7, 11) is 0. The zero-order chi connectivity index (χ0) is 46.3. The number of carboxylic acid groups (broad SMARTS) is 1. The van der Waals surface area contributed by atoms with Crippen molar-refractivity contribution in [2.75, 3.05) is 5.73 Å². The number of nitrogens with one attached hydrogen (secondary N) is 1. The molecule has 2 aromatic carbocycles. The Labute approximate surface area is 386 Å². The molecule has 2 fully saturated rings. The van der Waals surface area contributed by atoms with Crippen LogP contribution < -0.4 is 10.8 Å². The lowest BCUT2D eigenvalue weighted by atomic mass is 9.69. The number of carboxylic acids is 1. The summed E-state index contributed by atoms with van der Waals surface area (Å²) in [6, 6.07) is 19.1. The summed E-state index contributed by atoms with van der Waals surface area (Å²) in [6.07, 6.45) is 17.3. The highest BCUT2D eigenvalue weighted by Crippen LogP contribution is 2.53. The van der Waals surface area contributed by atoms with Crippen molar-refractivity contribution in [2.45, 2.75) is 160 Å². The van der Waals surface area contributed by atoms with Crippen LogP contribution in [0.15, 0.2) is 79.0 Å². The van der Waals surface area contributed by atoms with Crippen LogP contribution in [-0.2, 0) is 17.6 Å². The number of hydrogen-bond donors (Lipinski definition) is 7. The van der Waals surface area contributed by atoms with E-state index in [1.165, 1.54) is 30.9 Å². The average Bonchev–Trinajstić information content (AvgIpc) is 3.88. The predicted molar refractivity (Wildman–Crippen MR) is 255 cm³/mol. The fraction of sp³-hybridized carbons (Fsp3) is 0.564. The molecule has 65 heavy (non-hydrogen) atoms. The van der Waals surface area contributed by atoms with Crippen molar-refractivity contribution in [3.05, 3.63) is 107 Å². The zero-order valence-corrected chi connectivity index (χ0v) is 38.9. The minimum absolute atomic E-state index is 0.0977. The Morgan fingerprint density at radius 3 is 2.40 bits per heavy atom. The van der Waals surface area contributed by atoms with Gasteiger partial charge in [-0.1, -0.05) is 89.3 Å². The Hall–Kier alpha value is -4.64. The van der Waals surface area contributed by atoms with Crippen LogP contribution >= 0.6 is 0 Å². The number of allylic oxidation sites excluding steroid dienone is 1. The van der Waals surface area contributed by atoms with Crippen LogP contribution in [0.1, 0.15) is 157 Å². The molecule has 0 radical (unpaired) electrons. The molecule has 2 saturated carbocycles. The molecule has 10 heteroatoms. The molecule has 10 nitrogen and oxygen atoms in total. The molecule has 3 aliphatic rings. The van der Waals surface area contributed by atoms with Crippen LogP contribution in [0.5, 0.6) is 11.5 Å². The van der Waals surface area contributed by atoms with Gasteiger partial charge in [0.15, 0.2) is 0 Å². The third-order valence-corrected chi connectivity index (χ3v) is 15.5. The van der Waals surface area contributed by atoms with Crippen LogP contribution in [0, 0.1) is 35.5 Å². The number of benzene rings is 2. The van der Waals surface area contributed by atoms with Crippen molar-refractivity contribution in [3.8, 4) is 22.8 Å². The molecule has 0 saturated heterocycles. The van der Waals surface area contributed by atoms with Gasteiger partial charge in [0.1, 0.15) is 11.6 Å². The molecule has 0 spiro atoms. The number of aliphatic hydroxyl groups excluding tert-OH is 2. The highest BCUT2D eigenvalue weighted by molar-refractivity contribution is 5.71. The van der Waals surface area contributed by atoms with E-state index in [4.69, 9.17) is 5.73 Å². The number of rotatable bonds is 17. The number of phenols is 1. The molecular formula is C55H74N3O7-. The summed E-state index contributed by atoms with van der Waals surface area (Å²) in [5.41, 5.74) is 11.0. The maximum Gasteiger partial charge on any atom is 0.309 e.